The molecule has 0 N–H and O–H groups in total. The first-order valence-electron chi connectivity index (χ1n) is 13.8. The number of halogens is 3. The number of ether oxygens (including phenoxy) is 3. The summed E-state index contributed by atoms with van der Waals surface area (Å²) >= 11 is 1.25. The smallest absolute Gasteiger partial charge is 0.173 e. The van der Waals surface area contributed by atoms with E-state index in [1.807, 2.05) is 29.7 Å². The van der Waals surface area contributed by atoms with Crippen LogP contribution >= 0.6 is 11.8 Å². The summed E-state index contributed by atoms with van der Waals surface area (Å²) in [5, 5.41) is 0.583. The Morgan fingerprint density at radius 1 is 0.976 bits per heavy atom. The molecule has 0 amide bonds. The average molecular weight is 595 g/mol. The van der Waals surface area contributed by atoms with Crippen LogP contribution in [0.4, 0.5) is 13.2 Å². The number of benzene rings is 3. The third-order valence-electron chi connectivity index (χ3n) is 7.67. The number of aromatic nitrogens is 2. The lowest BCUT2D eigenvalue weighted by Gasteiger charge is -2.36. The number of rotatable bonds is 10. The molecule has 5 rings (SSSR count). The molecule has 0 fully saturated rings. The van der Waals surface area contributed by atoms with Crippen LogP contribution in [0.25, 0.3) is 11.8 Å². The number of hydrogen-bond donors (Lipinski definition) is 0. The molecule has 0 radical (unpaired) electrons. The lowest BCUT2D eigenvalue weighted by atomic mass is 9.71. The fourth-order valence-corrected chi connectivity index (χ4v) is 6.56. The first kappa shape index (κ1) is 29.6. The quantitative estimate of drug-likeness (QED) is 0.137. The van der Waals surface area contributed by atoms with Crippen LogP contribution in [0.1, 0.15) is 54.8 Å². The Balaban J connectivity index is 1.58. The van der Waals surface area contributed by atoms with Crippen molar-refractivity contribution in [2.24, 2.45) is 0 Å². The van der Waals surface area contributed by atoms with Crippen molar-refractivity contribution in [2.75, 3.05) is 20.8 Å². The highest BCUT2D eigenvalue weighted by Crippen LogP contribution is 2.47. The summed E-state index contributed by atoms with van der Waals surface area (Å²) in [6.45, 7) is 4.46. The fraction of sp³-hybridized carbons (Fsp3) is 0.303. The van der Waals surface area contributed by atoms with E-state index in [0.29, 0.717) is 28.8 Å². The third-order valence-corrected chi connectivity index (χ3v) is 8.63. The normalized spacial score (nSPS) is 16.5. The van der Waals surface area contributed by atoms with Crippen LogP contribution in [0, 0.1) is 17.5 Å². The number of aryl methyl sites for hydroxylation is 1. The summed E-state index contributed by atoms with van der Waals surface area (Å²) in [7, 11) is 3.20. The molecule has 0 saturated heterocycles. The van der Waals surface area contributed by atoms with Crippen LogP contribution in [0.5, 0.6) is 11.5 Å². The minimum absolute atomic E-state index is 0.0251. The van der Waals surface area contributed by atoms with E-state index in [1.165, 1.54) is 48.4 Å². The van der Waals surface area contributed by atoms with Gasteiger partial charge in [0.05, 0.1) is 38.5 Å². The molecule has 0 saturated carbocycles. The second-order valence-corrected chi connectivity index (χ2v) is 11.2. The fourth-order valence-electron chi connectivity index (χ4n) is 5.51. The molecule has 0 spiro atoms. The third kappa shape index (κ3) is 5.75. The molecule has 4 aromatic rings. The standard InChI is InChI=1S/C33H33F3N2O3S/c1-5-41-16-14-21-17-26(35)25(27(36)18-21)20-42-32-37-28-7-6-15-33(2,22-8-13-29(39-3)30(19-22)40-4)31(28)38(32)24-11-9-23(34)10-12-24/h8-14,16-19H,5-7,15,20H2,1-4H3. The van der Waals surface area contributed by atoms with E-state index in [1.54, 1.807) is 26.4 Å². The lowest BCUT2D eigenvalue weighted by molar-refractivity contribution is 0.272. The van der Waals surface area contributed by atoms with Gasteiger partial charge in [0.2, 0.25) is 0 Å². The summed E-state index contributed by atoms with van der Waals surface area (Å²) < 4.78 is 62.4. The van der Waals surface area contributed by atoms with Gasteiger partial charge in [0.25, 0.3) is 0 Å². The van der Waals surface area contributed by atoms with Gasteiger partial charge >= 0.3 is 0 Å². The maximum Gasteiger partial charge on any atom is 0.173 e. The van der Waals surface area contributed by atoms with Gasteiger partial charge in [0.1, 0.15) is 17.5 Å². The number of thioether (sulfide) groups is 1. The highest BCUT2D eigenvalue weighted by molar-refractivity contribution is 7.98. The van der Waals surface area contributed by atoms with Gasteiger partial charge in [-0.25, -0.2) is 18.2 Å². The molecule has 9 heteroatoms. The monoisotopic (exact) mass is 594 g/mol. The number of fused-ring (bicyclic) bond motifs is 1. The second-order valence-electron chi connectivity index (χ2n) is 10.3. The maximum atomic E-state index is 15.1. The molecule has 0 bridgehead atoms. The van der Waals surface area contributed by atoms with E-state index in [0.717, 1.165) is 41.9 Å². The Hall–Kier alpha value is -3.85. The summed E-state index contributed by atoms with van der Waals surface area (Å²) in [6.07, 6.45) is 5.44. The summed E-state index contributed by atoms with van der Waals surface area (Å²) in [4.78, 5) is 4.99. The molecule has 1 unspecified atom stereocenters. The Bertz CT molecular complexity index is 1580. The van der Waals surface area contributed by atoms with Gasteiger partial charge in [-0.2, -0.15) is 0 Å². The van der Waals surface area contributed by atoms with E-state index >= 15 is 8.78 Å². The summed E-state index contributed by atoms with van der Waals surface area (Å²) in [5.41, 5.74) is 3.48. The van der Waals surface area contributed by atoms with Crippen molar-refractivity contribution in [3.63, 3.8) is 0 Å². The van der Waals surface area contributed by atoms with Gasteiger partial charge in [-0.1, -0.05) is 17.8 Å². The van der Waals surface area contributed by atoms with E-state index in [4.69, 9.17) is 19.2 Å². The van der Waals surface area contributed by atoms with Crippen LogP contribution in [-0.2, 0) is 22.3 Å². The van der Waals surface area contributed by atoms with Gasteiger partial charge in [0.15, 0.2) is 16.7 Å². The molecule has 1 aliphatic rings. The molecule has 1 heterocycles. The Morgan fingerprint density at radius 2 is 1.69 bits per heavy atom. The number of imidazole rings is 1. The van der Waals surface area contributed by atoms with Gasteiger partial charge in [-0.15, -0.1) is 0 Å². The van der Waals surface area contributed by atoms with Gasteiger partial charge in [-0.3, -0.25) is 4.57 Å². The molecule has 5 nitrogen and oxygen atoms in total. The SMILES string of the molecule is CCOC=Cc1cc(F)c(CSc2nc3c(n2-c2ccc(F)cc2)C(C)(c2ccc(OC)c(OC)c2)CCC3)c(F)c1. The molecular formula is C33H33F3N2O3S. The predicted octanol–water partition coefficient (Wildman–Crippen LogP) is 8.25. The van der Waals surface area contributed by atoms with Crippen LogP contribution in [0.2, 0.25) is 0 Å². The minimum atomic E-state index is -0.640. The molecule has 0 aliphatic heterocycles. The zero-order valence-electron chi connectivity index (χ0n) is 24.0. The van der Waals surface area contributed by atoms with Crippen molar-refractivity contribution >= 4 is 17.8 Å². The highest BCUT2D eigenvalue weighted by Gasteiger charge is 2.40. The first-order chi connectivity index (χ1) is 20.3. The Labute approximate surface area is 248 Å². The van der Waals surface area contributed by atoms with Crippen molar-refractivity contribution in [3.8, 4) is 17.2 Å². The van der Waals surface area contributed by atoms with E-state index < -0.39 is 17.0 Å². The molecule has 42 heavy (non-hydrogen) atoms. The van der Waals surface area contributed by atoms with E-state index in [9.17, 15) is 4.39 Å². The zero-order valence-corrected chi connectivity index (χ0v) is 24.9. The molecule has 1 aromatic heterocycles. The lowest BCUT2D eigenvalue weighted by Crippen LogP contribution is -2.31. The zero-order chi connectivity index (χ0) is 29.9. The number of hydrogen-bond acceptors (Lipinski definition) is 5. The molecule has 1 aliphatic carbocycles. The molecular weight excluding hydrogens is 561 g/mol. The van der Waals surface area contributed by atoms with Gasteiger partial charge in [-0.05, 0) is 98.8 Å². The Morgan fingerprint density at radius 3 is 2.36 bits per heavy atom. The van der Waals surface area contributed by atoms with Crippen molar-refractivity contribution in [3.05, 3.63) is 106 Å². The van der Waals surface area contributed by atoms with Crippen molar-refractivity contribution < 1.29 is 27.4 Å². The van der Waals surface area contributed by atoms with Crippen LogP contribution < -0.4 is 9.47 Å². The topological polar surface area (TPSA) is 45.5 Å². The second kappa shape index (κ2) is 12.6. The summed E-state index contributed by atoms with van der Waals surface area (Å²) in [6, 6.07) is 14.7. The minimum Gasteiger partial charge on any atom is -0.501 e. The predicted molar refractivity (Wildman–Crippen MR) is 159 cm³/mol. The van der Waals surface area contributed by atoms with E-state index in [-0.39, 0.29) is 17.1 Å². The number of nitrogens with zero attached hydrogens (tertiary/aromatic N) is 2. The van der Waals surface area contributed by atoms with Crippen LogP contribution in [0.3, 0.4) is 0 Å². The van der Waals surface area contributed by atoms with Gasteiger partial charge in [0, 0.05) is 22.4 Å². The van der Waals surface area contributed by atoms with Crippen molar-refractivity contribution in [1.29, 1.82) is 0 Å². The van der Waals surface area contributed by atoms with Crippen LogP contribution in [0.15, 0.2) is 66.0 Å². The maximum absolute atomic E-state index is 15.1. The average Bonchev–Trinajstić information content (AvgIpc) is 3.36. The Kier molecular flexibility index (Phi) is 8.87. The first-order valence-corrected chi connectivity index (χ1v) is 14.8. The largest absolute Gasteiger partial charge is 0.501 e. The van der Waals surface area contributed by atoms with Crippen molar-refractivity contribution in [2.45, 2.75) is 49.4 Å². The summed E-state index contributed by atoms with van der Waals surface area (Å²) in [5.74, 6) is -0.356. The number of methoxy groups -OCH3 is 2. The van der Waals surface area contributed by atoms with Gasteiger partial charge < -0.3 is 14.2 Å². The van der Waals surface area contributed by atoms with Crippen molar-refractivity contribution in [1.82, 2.24) is 9.55 Å². The molecule has 3 aromatic carbocycles. The molecule has 1 atom stereocenters. The molecule has 220 valence electrons. The highest BCUT2D eigenvalue weighted by atomic mass is 32.2. The van der Waals surface area contributed by atoms with E-state index in [2.05, 4.69) is 6.92 Å². The van der Waals surface area contributed by atoms with Crippen LogP contribution in [-0.4, -0.2) is 30.4 Å².